The molecule has 3 saturated heterocycles. The molecular weight excluding hydrogens is 507 g/mol. The summed E-state index contributed by atoms with van der Waals surface area (Å²) in [5.74, 6) is 3.56. The van der Waals surface area contributed by atoms with Gasteiger partial charge in [-0.15, -0.1) is 24.0 Å². The monoisotopic (exact) mass is 544 g/mol. The highest BCUT2D eigenvalue weighted by molar-refractivity contribution is 14.0. The zero-order valence-electron chi connectivity index (χ0n) is 18.1. The lowest BCUT2D eigenvalue weighted by molar-refractivity contribution is 0.0368. The van der Waals surface area contributed by atoms with Crippen LogP contribution in [0.5, 0.6) is 0 Å². The van der Waals surface area contributed by atoms with Crippen LogP contribution >= 0.6 is 35.7 Å². The Morgan fingerprint density at radius 2 is 2.10 bits per heavy atom. The first-order chi connectivity index (χ1) is 14.2. The fourth-order valence-electron chi connectivity index (χ4n) is 5.08. The Labute approximate surface area is 203 Å². The van der Waals surface area contributed by atoms with E-state index in [1.54, 1.807) is 0 Å². The SMILES string of the molecule is CCNC(=NCC1(O)CCSC1)N1CCC2C(CCCN2Cc2ccccc2)C1.I. The summed E-state index contributed by atoms with van der Waals surface area (Å²) >= 11 is 1.84. The standard InChI is InChI=1S/C23H36N4OS.HI/c1-2-24-22(25-17-23(28)11-14-29-18-23)27-13-10-21-20(16-27)9-6-12-26(21)15-19-7-4-3-5-8-19;/h3-5,7-8,20-21,28H,2,6,9-18H2,1H3,(H,24,25);1H. The van der Waals surface area contributed by atoms with Gasteiger partial charge in [-0.25, -0.2) is 0 Å². The predicted octanol–water partition coefficient (Wildman–Crippen LogP) is 3.42. The number of fused-ring (bicyclic) bond motifs is 1. The van der Waals surface area contributed by atoms with E-state index in [2.05, 4.69) is 52.4 Å². The third-order valence-corrected chi connectivity index (χ3v) is 7.89. The van der Waals surface area contributed by atoms with Gasteiger partial charge < -0.3 is 15.3 Å². The summed E-state index contributed by atoms with van der Waals surface area (Å²) in [4.78, 5) is 10.0. The number of nitrogens with one attached hydrogen (secondary N) is 1. The van der Waals surface area contributed by atoms with Crippen molar-refractivity contribution in [1.82, 2.24) is 15.1 Å². The van der Waals surface area contributed by atoms with E-state index in [4.69, 9.17) is 4.99 Å². The van der Waals surface area contributed by atoms with Gasteiger partial charge >= 0.3 is 0 Å². The molecule has 3 unspecified atom stereocenters. The Hall–Kier alpha value is -0.510. The fraction of sp³-hybridized carbons (Fsp3) is 0.696. The molecule has 0 bridgehead atoms. The smallest absolute Gasteiger partial charge is 0.194 e. The van der Waals surface area contributed by atoms with Gasteiger partial charge in [0.15, 0.2) is 5.96 Å². The zero-order chi connectivity index (χ0) is 20.1. The Morgan fingerprint density at radius 3 is 2.83 bits per heavy atom. The maximum atomic E-state index is 10.7. The molecule has 1 aromatic carbocycles. The van der Waals surface area contributed by atoms with Crippen molar-refractivity contribution in [2.24, 2.45) is 10.9 Å². The maximum absolute atomic E-state index is 10.7. The average Bonchev–Trinajstić information content (AvgIpc) is 3.18. The van der Waals surface area contributed by atoms with E-state index < -0.39 is 5.60 Å². The van der Waals surface area contributed by atoms with Gasteiger partial charge in [-0.1, -0.05) is 30.3 Å². The molecule has 0 amide bonds. The molecule has 4 rings (SSSR count). The number of rotatable bonds is 5. The number of hydrogen-bond acceptors (Lipinski definition) is 4. The van der Waals surface area contributed by atoms with Crippen molar-refractivity contribution < 1.29 is 5.11 Å². The van der Waals surface area contributed by atoms with Crippen molar-refractivity contribution in [3.8, 4) is 0 Å². The molecular formula is C23H37IN4OS. The number of likely N-dealkylation sites (tertiary alicyclic amines) is 2. The zero-order valence-corrected chi connectivity index (χ0v) is 21.3. The molecule has 0 aromatic heterocycles. The van der Waals surface area contributed by atoms with Gasteiger partial charge in [-0.3, -0.25) is 9.89 Å². The normalized spacial score (nSPS) is 29.9. The molecule has 3 fully saturated rings. The Morgan fingerprint density at radius 1 is 1.27 bits per heavy atom. The van der Waals surface area contributed by atoms with Crippen LogP contribution in [0.1, 0.15) is 38.2 Å². The van der Waals surface area contributed by atoms with E-state index in [1.807, 2.05) is 11.8 Å². The second-order valence-corrected chi connectivity index (χ2v) is 9.96. The van der Waals surface area contributed by atoms with E-state index in [0.29, 0.717) is 18.5 Å². The number of piperidine rings is 2. The molecule has 3 atom stereocenters. The molecule has 7 heteroatoms. The number of benzene rings is 1. The minimum absolute atomic E-state index is 0. The van der Waals surface area contributed by atoms with Crippen molar-refractivity contribution in [3.63, 3.8) is 0 Å². The molecule has 5 nitrogen and oxygen atoms in total. The fourth-order valence-corrected chi connectivity index (χ4v) is 6.37. The minimum Gasteiger partial charge on any atom is -0.387 e. The predicted molar refractivity (Wildman–Crippen MR) is 138 cm³/mol. The number of aliphatic hydroxyl groups is 1. The molecule has 1 aromatic rings. The van der Waals surface area contributed by atoms with E-state index in [1.165, 1.54) is 31.4 Å². The number of hydrogen-bond donors (Lipinski definition) is 2. The van der Waals surface area contributed by atoms with Gasteiger partial charge in [-0.2, -0.15) is 11.8 Å². The van der Waals surface area contributed by atoms with Crippen LogP contribution < -0.4 is 5.32 Å². The third kappa shape index (κ3) is 6.04. The summed E-state index contributed by atoms with van der Waals surface area (Å²) in [6.45, 7) is 7.94. The van der Waals surface area contributed by atoms with Crippen LogP contribution in [0.3, 0.4) is 0 Å². The summed E-state index contributed by atoms with van der Waals surface area (Å²) in [6, 6.07) is 11.6. The van der Waals surface area contributed by atoms with Crippen LogP contribution in [-0.2, 0) is 6.54 Å². The Balaban J connectivity index is 0.00000256. The van der Waals surface area contributed by atoms with Crippen LogP contribution in [0.2, 0.25) is 0 Å². The molecule has 168 valence electrons. The molecule has 2 N–H and O–H groups in total. The largest absolute Gasteiger partial charge is 0.387 e. The van der Waals surface area contributed by atoms with Crippen molar-refractivity contribution in [3.05, 3.63) is 35.9 Å². The maximum Gasteiger partial charge on any atom is 0.194 e. The number of nitrogens with zero attached hydrogens (tertiary/aromatic N) is 3. The van der Waals surface area contributed by atoms with Crippen molar-refractivity contribution in [1.29, 1.82) is 0 Å². The number of thioether (sulfide) groups is 1. The second kappa shape index (κ2) is 11.4. The first-order valence-electron chi connectivity index (χ1n) is 11.3. The van der Waals surface area contributed by atoms with E-state index in [-0.39, 0.29) is 24.0 Å². The molecule has 3 heterocycles. The van der Waals surface area contributed by atoms with Gasteiger partial charge in [0.1, 0.15) is 0 Å². The van der Waals surface area contributed by atoms with Gasteiger partial charge in [0, 0.05) is 38.0 Å². The topological polar surface area (TPSA) is 51.1 Å². The summed E-state index contributed by atoms with van der Waals surface area (Å²) in [5.41, 5.74) is 0.814. The lowest BCUT2D eigenvalue weighted by Crippen LogP contribution is -2.56. The molecule has 3 aliphatic rings. The van der Waals surface area contributed by atoms with Gasteiger partial charge in [0.2, 0.25) is 0 Å². The van der Waals surface area contributed by atoms with Crippen LogP contribution in [0, 0.1) is 5.92 Å². The van der Waals surface area contributed by atoms with Crippen LogP contribution in [0.15, 0.2) is 35.3 Å². The van der Waals surface area contributed by atoms with Gasteiger partial charge in [0.05, 0.1) is 12.1 Å². The molecule has 0 saturated carbocycles. The van der Waals surface area contributed by atoms with Gasteiger partial charge in [-0.05, 0) is 56.4 Å². The summed E-state index contributed by atoms with van der Waals surface area (Å²) in [7, 11) is 0. The van der Waals surface area contributed by atoms with Crippen LogP contribution in [-0.4, -0.2) is 76.7 Å². The average molecular weight is 545 g/mol. The van der Waals surface area contributed by atoms with E-state index in [0.717, 1.165) is 50.1 Å². The second-order valence-electron chi connectivity index (χ2n) is 8.86. The lowest BCUT2D eigenvalue weighted by Gasteiger charge is -2.48. The third-order valence-electron chi connectivity index (χ3n) is 6.65. The highest BCUT2D eigenvalue weighted by Gasteiger charge is 2.37. The lowest BCUT2D eigenvalue weighted by atomic mass is 9.83. The molecule has 0 radical (unpaired) electrons. The Kier molecular flexibility index (Phi) is 9.16. The molecule has 3 aliphatic heterocycles. The Bertz CT molecular complexity index is 683. The van der Waals surface area contributed by atoms with Gasteiger partial charge in [0.25, 0.3) is 0 Å². The van der Waals surface area contributed by atoms with E-state index >= 15 is 0 Å². The van der Waals surface area contributed by atoms with Crippen molar-refractivity contribution in [2.75, 3.05) is 44.2 Å². The van der Waals surface area contributed by atoms with Crippen molar-refractivity contribution in [2.45, 2.75) is 50.8 Å². The number of guanidine groups is 1. The van der Waals surface area contributed by atoms with E-state index in [9.17, 15) is 5.11 Å². The number of aliphatic imine (C=N–C) groups is 1. The van der Waals surface area contributed by atoms with Crippen molar-refractivity contribution >= 4 is 41.7 Å². The van der Waals surface area contributed by atoms with Crippen LogP contribution in [0.4, 0.5) is 0 Å². The summed E-state index contributed by atoms with van der Waals surface area (Å²) in [6.07, 6.45) is 4.65. The summed E-state index contributed by atoms with van der Waals surface area (Å²) in [5, 5.41) is 14.2. The highest BCUT2D eigenvalue weighted by atomic mass is 127. The molecule has 30 heavy (non-hydrogen) atoms. The number of halogens is 1. The minimum atomic E-state index is -0.610. The summed E-state index contributed by atoms with van der Waals surface area (Å²) < 4.78 is 0. The first kappa shape index (κ1) is 24.1. The molecule has 0 aliphatic carbocycles. The highest BCUT2D eigenvalue weighted by Crippen LogP contribution is 2.32. The van der Waals surface area contributed by atoms with Crippen LogP contribution in [0.25, 0.3) is 0 Å². The first-order valence-corrected chi connectivity index (χ1v) is 12.4. The molecule has 0 spiro atoms. The quantitative estimate of drug-likeness (QED) is 0.338.